The Labute approximate surface area is 183 Å². The van der Waals surface area contributed by atoms with Crippen LogP contribution in [0.15, 0.2) is 95.3 Å². The quantitative estimate of drug-likeness (QED) is 0.274. The van der Waals surface area contributed by atoms with E-state index in [-0.39, 0.29) is 0 Å². The van der Waals surface area contributed by atoms with Crippen LogP contribution in [-0.4, -0.2) is 10.8 Å². The van der Waals surface area contributed by atoms with Crippen LogP contribution in [0.25, 0.3) is 0 Å². The van der Waals surface area contributed by atoms with Gasteiger partial charge in [-0.05, 0) is 55.0 Å². The molecule has 1 nitrogen and oxygen atoms in total. The Hall–Kier alpha value is -2.23. The summed E-state index contributed by atoms with van der Waals surface area (Å²) < 4.78 is 0. The van der Waals surface area contributed by atoms with Crippen LogP contribution in [0, 0.1) is 13.8 Å². The number of benzene rings is 3. The summed E-state index contributed by atoms with van der Waals surface area (Å²) >= 11 is 3.62. The smallest absolute Gasteiger partial charge is 0.0972 e. The molecule has 0 atom stereocenters. The van der Waals surface area contributed by atoms with E-state index in [1.165, 1.54) is 22.3 Å². The minimum Gasteiger partial charge on any atom is -0.242 e. The van der Waals surface area contributed by atoms with Gasteiger partial charge in [0.1, 0.15) is 0 Å². The number of nitrogens with zero attached hydrogens (tertiary/aromatic N) is 1. The molecule has 3 aromatic rings. The summed E-state index contributed by atoms with van der Waals surface area (Å²) in [5.41, 5.74) is 6.28. The van der Waals surface area contributed by atoms with Crippen LogP contribution >= 0.6 is 23.5 Å². The van der Waals surface area contributed by atoms with Gasteiger partial charge in [-0.2, -0.15) is 0 Å². The first-order valence-electron chi connectivity index (χ1n) is 9.85. The highest BCUT2D eigenvalue weighted by Crippen LogP contribution is 2.20. The number of hydrogen-bond donors (Lipinski definition) is 0. The topological polar surface area (TPSA) is 12.4 Å². The van der Waals surface area contributed by atoms with Crippen molar-refractivity contribution in [1.82, 2.24) is 0 Å². The van der Waals surface area contributed by atoms with Crippen molar-refractivity contribution in [2.24, 2.45) is 4.99 Å². The lowest BCUT2D eigenvalue weighted by Gasteiger charge is -2.04. The molecule has 0 N–H and O–H groups in total. The van der Waals surface area contributed by atoms with Gasteiger partial charge in [-0.3, -0.25) is 0 Å². The molecule has 3 heteroatoms. The average molecular weight is 418 g/mol. The van der Waals surface area contributed by atoms with Crippen molar-refractivity contribution < 1.29 is 0 Å². The molecule has 0 aromatic heterocycles. The van der Waals surface area contributed by atoms with E-state index in [9.17, 15) is 0 Å². The Balaban J connectivity index is 1.61. The predicted molar refractivity (Wildman–Crippen MR) is 132 cm³/mol. The van der Waals surface area contributed by atoms with Gasteiger partial charge in [-0.1, -0.05) is 77.9 Å². The van der Waals surface area contributed by atoms with Gasteiger partial charge in [0, 0.05) is 11.5 Å². The minimum absolute atomic E-state index is 0.975. The van der Waals surface area contributed by atoms with Crippen LogP contribution in [-0.2, 0) is 12.2 Å². The highest BCUT2D eigenvalue weighted by molar-refractivity contribution is 8.14. The molecular formula is C26H27NS2. The van der Waals surface area contributed by atoms with Crippen molar-refractivity contribution in [3.8, 4) is 0 Å². The van der Waals surface area contributed by atoms with Crippen molar-refractivity contribution in [2.45, 2.75) is 26.0 Å². The second kappa shape index (κ2) is 11.7. The lowest BCUT2D eigenvalue weighted by atomic mass is 10.2. The Morgan fingerprint density at radius 2 is 1.45 bits per heavy atom. The highest BCUT2D eigenvalue weighted by Gasteiger charge is 2.00. The number of aryl methyl sites for hydroxylation is 3. The van der Waals surface area contributed by atoms with Crippen LogP contribution < -0.4 is 0 Å². The SMILES string of the molecule is Cc1ccc(CSC=CC(=Nc2ccc(C)cc2)SCCc2ccccc2)cc1. The summed E-state index contributed by atoms with van der Waals surface area (Å²) in [7, 11) is 0. The summed E-state index contributed by atoms with van der Waals surface area (Å²) in [5, 5.41) is 3.23. The van der Waals surface area contributed by atoms with Gasteiger partial charge in [0.2, 0.25) is 0 Å². The van der Waals surface area contributed by atoms with E-state index in [2.05, 4.69) is 104 Å². The van der Waals surface area contributed by atoms with Crippen molar-refractivity contribution in [2.75, 3.05) is 5.75 Å². The maximum Gasteiger partial charge on any atom is 0.0972 e. The molecule has 0 aliphatic heterocycles. The Morgan fingerprint density at radius 1 is 0.793 bits per heavy atom. The van der Waals surface area contributed by atoms with E-state index in [0.29, 0.717) is 0 Å². The lowest BCUT2D eigenvalue weighted by Crippen LogP contribution is -1.93. The van der Waals surface area contributed by atoms with Gasteiger partial charge in [0.25, 0.3) is 0 Å². The maximum atomic E-state index is 4.87. The molecule has 3 aromatic carbocycles. The third-order valence-corrected chi connectivity index (χ3v) is 6.19. The molecule has 0 bridgehead atoms. The van der Waals surface area contributed by atoms with Crippen molar-refractivity contribution >= 4 is 34.3 Å². The molecular weight excluding hydrogens is 390 g/mol. The molecule has 0 aliphatic rings. The van der Waals surface area contributed by atoms with Crippen molar-refractivity contribution in [3.63, 3.8) is 0 Å². The van der Waals surface area contributed by atoms with Gasteiger partial charge in [0.15, 0.2) is 0 Å². The molecule has 0 radical (unpaired) electrons. The van der Waals surface area contributed by atoms with Gasteiger partial charge in [-0.25, -0.2) is 4.99 Å². The maximum absolute atomic E-state index is 4.87. The standard InChI is InChI=1S/C26H27NS2/c1-21-8-12-24(13-9-21)20-28-18-17-26(27-25-14-10-22(2)11-15-25)29-19-16-23-6-4-3-5-7-23/h3-15,17-18H,16,19-20H2,1-2H3. The lowest BCUT2D eigenvalue weighted by molar-refractivity contribution is 1.16. The molecule has 29 heavy (non-hydrogen) atoms. The zero-order chi connectivity index (χ0) is 20.3. The van der Waals surface area contributed by atoms with E-state index >= 15 is 0 Å². The van der Waals surface area contributed by atoms with E-state index < -0.39 is 0 Å². The molecule has 0 fully saturated rings. The Bertz CT molecular complexity index is 927. The first kappa shape index (κ1) is 21.5. The average Bonchev–Trinajstić information content (AvgIpc) is 2.74. The summed E-state index contributed by atoms with van der Waals surface area (Å²) in [5.74, 6) is 1.99. The second-order valence-electron chi connectivity index (χ2n) is 6.97. The fourth-order valence-corrected chi connectivity index (χ4v) is 4.39. The molecule has 0 unspecified atom stereocenters. The van der Waals surface area contributed by atoms with E-state index in [1.807, 2.05) is 23.5 Å². The second-order valence-corrected chi connectivity index (χ2v) is 8.98. The molecule has 0 saturated heterocycles. The molecule has 0 aliphatic carbocycles. The third-order valence-electron chi connectivity index (χ3n) is 4.43. The number of hydrogen-bond acceptors (Lipinski definition) is 3. The fourth-order valence-electron chi connectivity index (χ4n) is 2.72. The highest BCUT2D eigenvalue weighted by atomic mass is 32.2. The van der Waals surface area contributed by atoms with E-state index in [1.54, 1.807) is 0 Å². The van der Waals surface area contributed by atoms with Gasteiger partial charge >= 0.3 is 0 Å². The van der Waals surface area contributed by atoms with Crippen LogP contribution in [0.2, 0.25) is 0 Å². The van der Waals surface area contributed by atoms with Gasteiger partial charge in [-0.15, -0.1) is 23.5 Å². The Morgan fingerprint density at radius 3 is 2.14 bits per heavy atom. The summed E-state index contributed by atoms with van der Waals surface area (Å²) in [4.78, 5) is 4.87. The summed E-state index contributed by atoms with van der Waals surface area (Å²) in [6, 6.07) is 27.8. The summed E-state index contributed by atoms with van der Waals surface area (Å²) in [6.07, 6.45) is 3.19. The molecule has 148 valence electrons. The first-order chi connectivity index (χ1) is 14.2. The van der Waals surface area contributed by atoms with Gasteiger partial charge < -0.3 is 0 Å². The largest absolute Gasteiger partial charge is 0.242 e. The van der Waals surface area contributed by atoms with Crippen molar-refractivity contribution in [3.05, 3.63) is 113 Å². The molecule has 0 spiro atoms. The molecule has 0 heterocycles. The van der Waals surface area contributed by atoms with Gasteiger partial charge in [0.05, 0.1) is 10.7 Å². The zero-order valence-electron chi connectivity index (χ0n) is 17.0. The molecule has 3 rings (SSSR count). The van der Waals surface area contributed by atoms with Crippen LogP contribution in [0.4, 0.5) is 5.69 Å². The fraction of sp³-hybridized carbons (Fsp3) is 0.192. The predicted octanol–water partition coefficient (Wildman–Crippen LogP) is 7.76. The molecule has 0 amide bonds. The van der Waals surface area contributed by atoms with Crippen LogP contribution in [0.5, 0.6) is 0 Å². The Kier molecular flexibility index (Phi) is 8.66. The molecule has 0 saturated carbocycles. The number of thioether (sulfide) groups is 2. The first-order valence-corrected chi connectivity index (χ1v) is 11.9. The number of aliphatic imine (C=N–C) groups is 1. The van der Waals surface area contributed by atoms with Crippen LogP contribution in [0.1, 0.15) is 22.3 Å². The van der Waals surface area contributed by atoms with Crippen molar-refractivity contribution in [1.29, 1.82) is 0 Å². The van der Waals surface area contributed by atoms with E-state index in [0.717, 1.165) is 28.7 Å². The zero-order valence-corrected chi connectivity index (χ0v) is 18.7. The number of rotatable bonds is 8. The van der Waals surface area contributed by atoms with E-state index in [4.69, 9.17) is 4.99 Å². The monoisotopic (exact) mass is 417 g/mol. The third kappa shape index (κ3) is 7.96. The minimum atomic E-state index is 0.975. The summed E-state index contributed by atoms with van der Waals surface area (Å²) in [6.45, 7) is 4.22. The normalized spacial score (nSPS) is 11.9. The van der Waals surface area contributed by atoms with Crippen LogP contribution in [0.3, 0.4) is 0 Å².